The van der Waals surface area contributed by atoms with Crippen molar-refractivity contribution >= 4 is 43.6 Å². The van der Waals surface area contributed by atoms with Gasteiger partial charge in [-0.05, 0) is 41.0 Å². The summed E-state index contributed by atoms with van der Waals surface area (Å²) in [6.07, 6.45) is 0. The van der Waals surface area contributed by atoms with E-state index in [0.717, 1.165) is 94.1 Å². The Kier molecular flexibility index (Phi) is 7.78. The van der Waals surface area contributed by atoms with E-state index in [2.05, 4.69) is 164 Å². The molecular weight excluding hydrogens is 695 g/mol. The lowest BCUT2D eigenvalue weighted by Gasteiger charge is -2.14. The molecule has 11 rings (SSSR count). The minimum absolute atomic E-state index is 0.686. The molecule has 0 amide bonds. The van der Waals surface area contributed by atoms with Gasteiger partial charge in [0, 0.05) is 54.7 Å². The topological polar surface area (TPSA) is 51.8 Å². The van der Waals surface area contributed by atoms with E-state index in [1.165, 1.54) is 11.1 Å². The number of pyridine rings is 1. The number of benzene rings is 8. The van der Waals surface area contributed by atoms with Crippen molar-refractivity contribution in [1.82, 2.24) is 15.0 Å². The Labute approximate surface area is 329 Å². The molecule has 0 aliphatic heterocycles. The highest BCUT2D eigenvalue weighted by Crippen LogP contribution is 2.45. The van der Waals surface area contributed by atoms with Crippen molar-refractivity contribution in [3.05, 3.63) is 200 Å². The molecule has 0 bridgehead atoms. The highest BCUT2D eigenvalue weighted by molar-refractivity contribution is 6.30. The van der Waals surface area contributed by atoms with E-state index >= 15 is 0 Å². The first kappa shape index (κ1) is 32.7. The Morgan fingerprint density at radius 3 is 1.51 bits per heavy atom. The molecule has 0 fully saturated rings. The molecule has 4 heteroatoms. The molecular formula is C53H33N3O. The fourth-order valence-corrected chi connectivity index (χ4v) is 8.10. The van der Waals surface area contributed by atoms with Crippen LogP contribution in [0.4, 0.5) is 0 Å². The molecule has 0 unspecified atom stereocenters. The number of aromatic nitrogens is 3. The van der Waals surface area contributed by atoms with Crippen molar-refractivity contribution in [2.45, 2.75) is 0 Å². The molecule has 0 atom stereocenters. The van der Waals surface area contributed by atoms with E-state index in [0.29, 0.717) is 5.82 Å². The first-order valence-corrected chi connectivity index (χ1v) is 19.2. The molecule has 0 saturated heterocycles. The summed E-state index contributed by atoms with van der Waals surface area (Å²) >= 11 is 0. The van der Waals surface area contributed by atoms with E-state index in [1.807, 2.05) is 36.4 Å². The number of furan rings is 1. The predicted molar refractivity (Wildman–Crippen MR) is 235 cm³/mol. The van der Waals surface area contributed by atoms with Crippen LogP contribution in [0.2, 0.25) is 0 Å². The van der Waals surface area contributed by atoms with Crippen LogP contribution in [-0.4, -0.2) is 15.0 Å². The average molecular weight is 728 g/mol. The normalized spacial score (nSPS) is 11.5. The Balaban J connectivity index is 1.08. The zero-order valence-electron chi connectivity index (χ0n) is 30.8. The van der Waals surface area contributed by atoms with Crippen molar-refractivity contribution in [2.75, 3.05) is 0 Å². The first-order chi connectivity index (χ1) is 28.2. The molecule has 8 aromatic carbocycles. The second-order valence-electron chi connectivity index (χ2n) is 14.3. The van der Waals surface area contributed by atoms with Crippen LogP contribution < -0.4 is 0 Å². The summed E-state index contributed by atoms with van der Waals surface area (Å²) in [4.78, 5) is 15.5. The van der Waals surface area contributed by atoms with E-state index in [9.17, 15) is 0 Å². The van der Waals surface area contributed by atoms with Crippen molar-refractivity contribution < 1.29 is 4.42 Å². The molecule has 3 aromatic heterocycles. The number of fused-ring (bicyclic) bond motifs is 7. The summed E-state index contributed by atoms with van der Waals surface area (Å²) < 4.78 is 6.78. The van der Waals surface area contributed by atoms with Gasteiger partial charge in [-0.25, -0.2) is 15.0 Å². The molecule has 0 aliphatic rings. The second-order valence-corrected chi connectivity index (χ2v) is 14.3. The van der Waals surface area contributed by atoms with E-state index in [1.54, 1.807) is 0 Å². The molecule has 0 radical (unpaired) electrons. The fraction of sp³-hybridized carbons (Fsp3) is 0. The van der Waals surface area contributed by atoms with Crippen LogP contribution in [0, 0.1) is 0 Å². The molecule has 0 N–H and O–H groups in total. The summed E-state index contributed by atoms with van der Waals surface area (Å²) in [7, 11) is 0. The van der Waals surface area contributed by atoms with Crippen molar-refractivity contribution in [2.24, 2.45) is 0 Å². The van der Waals surface area contributed by atoms with Crippen LogP contribution in [0.1, 0.15) is 0 Å². The van der Waals surface area contributed by atoms with Crippen LogP contribution in [0.25, 0.3) is 111 Å². The highest BCUT2D eigenvalue weighted by Gasteiger charge is 2.21. The summed E-state index contributed by atoms with van der Waals surface area (Å²) in [5, 5.41) is 5.53. The van der Waals surface area contributed by atoms with E-state index < -0.39 is 0 Å². The Bertz CT molecular complexity index is 3250. The molecule has 57 heavy (non-hydrogen) atoms. The van der Waals surface area contributed by atoms with E-state index in [-0.39, 0.29) is 0 Å². The lowest BCUT2D eigenvalue weighted by molar-refractivity contribution is 0.670. The van der Waals surface area contributed by atoms with Gasteiger partial charge in [0.2, 0.25) is 0 Å². The molecule has 11 aromatic rings. The van der Waals surface area contributed by atoms with Gasteiger partial charge in [-0.3, -0.25) is 0 Å². The number of nitrogens with zero attached hydrogens (tertiary/aromatic N) is 3. The van der Waals surface area contributed by atoms with Crippen molar-refractivity contribution in [3.8, 4) is 67.4 Å². The van der Waals surface area contributed by atoms with Gasteiger partial charge in [0.05, 0.1) is 22.6 Å². The van der Waals surface area contributed by atoms with E-state index in [4.69, 9.17) is 19.4 Å². The molecule has 3 heterocycles. The van der Waals surface area contributed by atoms with Gasteiger partial charge in [0.15, 0.2) is 5.82 Å². The maximum atomic E-state index is 6.78. The monoisotopic (exact) mass is 727 g/mol. The van der Waals surface area contributed by atoms with Crippen molar-refractivity contribution in [3.63, 3.8) is 0 Å². The Morgan fingerprint density at radius 1 is 0.333 bits per heavy atom. The number of hydrogen-bond acceptors (Lipinski definition) is 4. The first-order valence-electron chi connectivity index (χ1n) is 19.2. The van der Waals surface area contributed by atoms with Gasteiger partial charge >= 0.3 is 0 Å². The van der Waals surface area contributed by atoms with Gasteiger partial charge in [-0.15, -0.1) is 0 Å². The van der Waals surface area contributed by atoms with Crippen LogP contribution >= 0.6 is 0 Å². The number of rotatable bonds is 6. The number of para-hydroxylation sites is 2. The smallest absolute Gasteiger partial charge is 0.160 e. The van der Waals surface area contributed by atoms with Crippen molar-refractivity contribution in [1.29, 1.82) is 0 Å². The lowest BCUT2D eigenvalue weighted by atomic mass is 9.91. The summed E-state index contributed by atoms with van der Waals surface area (Å²) in [6.45, 7) is 0. The molecule has 0 saturated carbocycles. The van der Waals surface area contributed by atoms with Gasteiger partial charge in [-0.2, -0.15) is 0 Å². The molecule has 0 spiro atoms. The highest BCUT2D eigenvalue weighted by atomic mass is 16.3. The van der Waals surface area contributed by atoms with Gasteiger partial charge < -0.3 is 4.42 Å². The largest absolute Gasteiger partial charge is 0.455 e. The number of hydrogen-bond donors (Lipinski definition) is 0. The second kappa shape index (κ2) is 13.6. The van der Waals surface area contributed by atoms with Crippen LogP contribution in [0.15, 0.2) is 205 Å². The standard InChI is InChI=1S/C53H33N3O/c1-4-14-34(15-5-1)35-24-28-37(29-25-35)46-33-47(56-53(55-46)40-18-8-3-9-19-40)38-30-26-36(27-31-38)43-32-44-49(50-42-21-11-13-23-48(42)57-52(43)50)41-20-10-12-22-45(41)54-51(44)39-16-6-2-7-17-39/h1-33H. The molecule has 266 valence electrons. The Morgan fingerprint density at radius 2 is 0.842 bits per heavy atom. The van der Waals surface area contributed by atoms with Gasteiger partial charge in [0.1, 0.15) is 11.2 Å². The van der Waals surface area contributed by atoms with Gasteiger partial charge in [-0.1, -0.05) is 176 Å². The summed E-state index contributed by atoms with van der Waals surface area (Å²) in [5.41, 5.74) is 13.8. The maximum absolute atomic E-state index is 6.78. The predicted octanol–water partition coefficient (Wildman–Crippen LogP) is 14.1. The zero-order chi connectivity index (χ0) is 37.7. The quantitative estimate of drug-likeness (QED) is 0.160. The minimum Gasteiger partial charge on any atom is -0.455 e. The molecule has 0 aliphatic carbocycles. The lowest BCUT2D eigenvalue weighted by Crippen LogP contribution is -1.96. The third-order valence-corrected chi connectivity index (χ3v) is 10.9. The average Bonchev–Trinajstić information content (AvgIpc) is 3.69. The third-order valence-electron chi connectivity index (χ3n) is 10.9. The molecule has 4 nitrogen and oxygen atoms in total. The van der Waals surface area contributed by atoms with Crippen LogP contribution in [0.3, 0.4) is 0 Å². The SMILES string of the molecule is c1ccc(-c2ccc(-c3cc(-c4ccc(-c5cc6c(-c7ccccc7)nc7ccccc7c6c6c5oc5ccccc56)cc4)nc(-c4ccccc4)n3)cc2)cc1. The minimum atomic E-state index is 0.686. The third kappa shape index (κ3) is 5.74. The zero-order valence-corrected chi connectivity index (χ0v) is 30.8. The summed E-state index contributed by atoms with van der Waals surface area (Å²) in [5.74, 6) is 0.686. The maximum Gasteiger partial charge on any atom is 0.160 e. The van der Waals surface area contributed by atoms with Crippen LogP contribution in [-0.2, 0) is 0 Å². The Hall–Kier alpha value is -7.69. The fourth-order valence-electron chi connectivity index (χ4n) is 8.10. The summed E-state index contributed by atoms with van der Waals surface area (Å²) in [6, 6.07) is 69.5. The van der Waals surface area contributed by atoms with Gasteiger partial charge in [0.25, 0.3) is 0 Å². The van der Waals surface area contributed by atoms with Crippen LogP contribution in [0.5, 0.6) is 0 Å².